The fraction of sp³-hybridized carbons (Fsp3) is 0.273. The second kappa shape index (κ2) is 10.2. The molecule has 2 aromatic rings. The number of aryl methyl sites for hydroxylation is 1. The molecule has 0 radical (unpaired) electrons. The molecule has 0 aliphatic carbocycles. The molecule has 0 spiro atoms. The van der Waals surface area contributed by atoms with Crippen LogP contribution in [0.1, 0.15) is 24.0 Å². The summed E-state index contributed by atoms with van der Waals surface area (Å²) >= 11 is 0. The zero-order valence-electron chi connectivity index (χ0n) is 16.8. The third-order valence-electron chi connectivity index (χ3n) is 4.68. The SMILES string of the molecule is Cc1ccccc1NC(=O)C(=O)N/N=C\c1ccc(OCC(=O)N2CCCC2)cc1. The Balaban J connectivity index is 1.44. The van der Waals surface area contributed by atoms with Crippen molar-refractivity contribution in [3.8, 4) is 5.75 Å². The molecule has 0 saturated carbocycles. The molecule has 30 heavy (non-hydrogen) atoms. The first-order valence-electron chi connectivity index (χ1n) is 9.73. The highest BCUT2D eigenvalue weighted by Crippen LogP contribution is 2.14. The number of nitrogens with zero attached hydrogens (tertiary/aromatic N) is 2. The molecule has 3 rings (SSSR count). The highest BCUT2D eigenvalue weighted by Gasteiger charge is 2.18. The second-order valence-electron chi connectivity index (χ2n) is 6.91. The Labute approximate surface area is 174 Å². The van der Waals surface area contributed by atoms with Crippen LogP contribution in [0.2, 0.25) is 0 Å². The van der Waals surface area contributed by atoms with E-state index in [1.54, 1.807) is 41.3 Å². The number of likely N-dealkylation sites (tertiary alicyclic amines) is 1. The van der Waals surface area contributed by atoms with E-state index in [2.05, 4.69) is 15.8 Å². The number of carbonyl (C=O) groups excluding carboxylic acids is 3. The summed E-state index contributed by atoms with van der Waals surface area (Å²) in [5, 5.41) is 6.33. The van der Waals surface area contributed by atoms with Crippen LogP contribution in [0.25, 0.3) is 0 Å². The van der Waals surface area contributed by atoms with Crippen molar-refractivity contribution in [2.24, 2.45) is 5.10 Å². The van der Waals surface area contributed by atoms with Gasteiger partial charge in [0.15, 0.2) is 6.61 Å². The molecule has 2 aromatic carbocycles. The summed E-state index contributed by atoms with van der Waals surface area (Å²) < 4.78 is 5.52. The maximum atomic E-state index is 12.0. The van der Waals surface area contributed by atoms with Crippen LogP contribution in [0.4, 0.5) is 5.69 Å². The lowest BCUT2D eigenvalue weighted by Crippen LogP contribution is -2.32. The smallest absolute Gasteiger partial charge is 0.329 e. The average molecular weight is 408 g/mol. The van der Waals surface area contributed by atoms with Crippen LogP contribution < -0.4 is 15.5 Å². The van der Waals surface area contributed by atoms with E-state index in [0.717, 1.165) is 31.5 Å². The number of rotatable bonds is 6. The predicted octanol–water partition coefficient (Wildman–Crippen LogP) is 2.09. The van der Waals surface area contributed by atoms with Gasteiger partial charge < -0.3 is 15.0 Å². The lowest BCUT2D eigenvalue weighted by molar-refractivity contribution is -0.136. The van der Waals surface area contributed by atoms with Gasteiger partial charge in [0.2, 0.25) is 0 Å². The molecule has 1 saturated heterocycles. The van der Waals surface area contributed by atoms with E-state index in [0.29, 0.717) is 17.0 Å². The first kappa shape index (κ1) is 21.0. The van der Waals surface area contributed by atoms with E-state index in [1.165, 1.54) is 6.21 Å². The van der Waals surface area contributed by atoms with E-state index in [4.69, 9.17) is 4.74 Å². The number of ether oxygens (including phenoxy) is 1. The summed E-state index contributed by atoms with van der Waals surface area (Å²) in [6.07, 6.45) is 3.51. The Bertz CT molecular complexity index is 934. The van der Waals surface area contributed by atoms with Gasteiger partial charge >= 0.3 is 11.8 Å². The molecule has 1 heterocycles. The largest absolute Gasteiger partial charge is 0.484 e. The number of hydrogen-bond donors (Lipinski definition) is 2. The molecule has 8 heteroatoms. The third kappa shape index (κ3) is 5.91. The van der Waals surface area contributed by atoms with E-state index in [-0.39, 0.29) is 12.5 Å². The maximum Gasteiger partial charge on any atom is 0.329 e. The van der Waals surface area contributed by atoms with Crippen LogP contribution in [0.3, 0.4) is 0 Å². The van der Waals surface area contributed by atoms with Crippen LogP contribution >= 0.6 is 0 Å². The van der Waals surface area contributed by atoms with Gasteiger partial charge in [0.25, 0.3) is 5.91 Å². The summed E-state index contributed by atoms with van der Waals surface area (Å²) in [5.74, 6) is -1.10. The van der Waals surface area contributed by atoms with E-state index in [9.17, 15) is 14.4 Å². The third-order valence-corrected chi connectivity index (χ3v) is 4.68. The predicted molar refractivity (Wildman–Crippen MR) is 113 cm³/mol. The average Bonchev–Trinajstić information content (AvgIpc) is 3.29. The van der Waals surface area contributed by atoms with Crippen molar-refractivity contribution in [1.82, 2.24) is 10.3 Å². The van der Waals surface area contributed by atoms with Crippen LogP contribution in [-0.2, 0) is 14.4 Å². The van der Waals surface area contributed by atoms with Gasteiger partial charge in [-0.05, 0) is 61.2 Å². The number of amides is 3. The Morgan fingerprint density at radius 1 is 1.03 bits per heavy atom. The van der Waals surface area contributed by atoms with Gasteiger partial charge in [-0.15, -0.1) is 0 Å². The first-order valence-corrected chi connectivity index (χ1v) is 9.73. The number of carbonyl (C=O) groups is 3. The highest BCUT2D eigenvalue weighted by molar-refractivity contribution is 6.39. The summed E-state index contributed by atoms with van der Waals surface area (Å²) in [7, 11) is 0. The molecule has 1 aliphatic heterocycles. The number of anilines is 1. The molecule has 3 amide bonds. The van der Waals surface area contributed by atoms with Gasteiger partial charge in [-0.2, -0.15) is 5.10 Å². The molecule has 0 unspecified atom stereocenters. The molecular formula is C22H24N4O4. The summed E-state index contributed by atoms with van der Waals surface area (Å²) in [4.78, 5) is 37.6. The molecule has 1 aliphatic rings. The summed E-state index contributed by atoms with van der Waals surface area (Å²) in [6.45, 7) is 3.44. The Morgan fingerprint density at radius 3 is 2.43 bits per heavy atom. The summed E-state index contributed by atoms with van der Waals surface area (Å²) in [6, 6.07) is 14.1. The minimum Gasteiger partial charge on any atom is -0.484 e. The minimum atomic E-state index is -0.866. The molecular weight excluding hydrogens is 384 g/mol. The minimum absolute atomic E-state index is 0.00942. The second-order valence-corrected chi connectivity index (χ2v) is 6.91. The van der Waals surface area contributed by atoms with E-state index >= 15 is 0 Å². The van der Waals surface area contributed by atoms with Crippen molar-refractivity contribution in [1.29, 1.82) is 0 Å². The van der Waals surface area contributed by atoms with E-state index < -0.39 is 11.8 Å². The van der Waals surface area contributed by atoms with Gasteiger partial charge in [-0.3, -0.25) is 14.4 Å². The Hall–Kier alpha value is -3.68. The van der Waals surface area contributed by atoms with E-state index in [1.807, 2.05) is 19.1 Å². The van der Waals surface area contributed by atoms with Crippen molar-refractivity contribution in [3.05, 3.63) is 59.7 Å². The number of hydrazone groups is 1. The lowest BCUT2D eigenvalue weighted by atomic mass is 10.2. The molecule has 156 valence electrons. The Kier molecular flexibility index (Phi) is 7.15. The van der Waals surface area contributed by atoms with Crippen molar-refractivity contribution >= 4 is 29.6 Å². The van der Waals surface area contributed by atoms with Crippen molar-refractivity contribution in [2.45, 2.75) is 19.8 Å². The molecule has 2 N–H and O–H groups in total. The number of benzene rings is 2. The topological polar surface area (TPSA) is 100 Å². The lowest BCUT2D eigenvalue weighted by Gasteiger charge is -2.15. The van der Waals surface area contributed by atoms with Gasteiger partial charge in [0.05, 0.1) is 6.21 Å². The normalized spacial score (nSPS) is 13.3. The fourth-order valence-electron chi connectivity index (χ4n) is 2.96. The number of hydrogen-bond acceptors (Lipinski definition) is 5. The molecule has 1 fully saturated rings. The fourth-order valence-corrected chi connectivity index (χ4v) is 2.96. The molecule has 0 atom stereocenters. The maximum absolute atomic E-state index is 12.0. The van der Waals surface area contributed by atoms with Crippen molar-refractivity contribution in [3.63, 3.8) is 0 Å². The van der Waals surface area contributed by atoms with Crippen LogP contribution in [-0.4, -0.2) is 48.5 Å². The quantitative estimate of drug-likeness (QED) is 0.434. The standard InChI is InChI=1S/C22H24N4O4/c1-16-6-2-3-7-19(16)24-21(28)22(29)25-23-14-17-8-10-18(11-9-17)30-15-20(27)26-12-4-5-13-26/h2-3,6-11,14H,4-5,12-13,15H2,1H3,(H,24,28)(H,25,29)/b23-14-. The number of nitrogens with one attached hydrogen (secondary N) is 2. The Morgan fingerprint density at radius 2 is 1.73 bits per heavy atom. The molecule has 0 bridgehead atoms. The van der Waals surface area contributed by atoms with Gasteiger partial charge in [-0.1, -0.05) is 18.2 Å². The van der Waals surface area contributed by atoms with Crippen LogP contribution in [0.5, 0.6) is 5.75 Å². The number of para-hydroxylation sites is 1. The van der Waals surface area contributed by atoms with Crippen LogP contribution in [0, 0.1) is 6.92 Å². The van der Waals surface area contributed by atoms with Crippen molar-refractivity contribution in [2.75, 3.05) is 25.0 Å². The van der Waals surface area contributed by atoms with Crippen molar-refractivity contribution < 1.29 is 19.1 Å². The van der Waals surface area contributed by atoms with Gasteiger partial charge in [0.1, 0.15) is 5.75 Å². The molecule has 8 nitrogen and oxygen atoms in total. The molecule has 0 aromatic heterocycles. The monoisotopic (exact) mass is 408 g/mol. The van der Waals surface area contributed by atoms with Gasteiger partial charge in [0, 0.05) is 18.8 Å². The van der Waals surface area contributed by atoms with Gasteiger partial charge in [-0.25, -0.2) is 5.43 Å². The zero-order valence-corrected chi connectivity index (χ0v) is 16.8. The first-order chi connectivity index (χ1) is 14.5. The highest BCUT2D eigenvalue weighted by atomic mass is 16.5. The summed E-state index contributed by atoms with van der Waals surface area (Å²) in [5.41, 5.74) is 4.32. The zero-order chi connectivity index (χ0) is 21.3. The van der Waals surface area contributed by atoms with Crippen LogP contribution in [0.15, 0.2) is 53.6 Å².